The van der Waals surface area contributed by atoms with Crippen molar-refractivity contribution in [1.82, 2.24) is 19.4 Å². The highest BCUT2D eigenvalue weighted by atomic mass is 16.6. The molecule has 2 aromatic heterocycles. The third-order valence-electron chi connectivity index (χ3n) is 8.18. The zero-order chi connectivity index (χ0) is 32.2. The van der Waals surface area contributed by atoms with Gasteiger partial charge in [0.25, 0.3) is 5.56 Å². The highest BCUT2D eigenvalue weighted by molar-refractivity contribution is 5.98. The van der Waals surface area contributed by atoms with Crippen molar-refractivity contribution in [3.05, 3.63) is 131 Å². The first-order chi connectivity index (χ1) is 22.3. The van der Waals surface area contributed by atoms with Crippen LogP contribution in [0.15, 0.2) is 115 Å². The predicted molar refractivity (Wildman–Crippen MR) is 179 cm³/mol. The number of benzene rings is 3. The lowest BCUT2D eigenvalue weighted by Crippen LogP contribution is -2.48. The molecular formula is C37H37N5O4. The summed E-state index contributed by atoms with van der Waals surface area (Å²) in [4.78, 5) is 43.9. The van der Waals surface area contributed by atoms with Gasteiger partial charge in [0.05, 0.1) is 18.2 Å². The lowest BCUT2D eigenvalue weighted by molar-refractivity contribution is -0.118. The van der Waals surface area contributed by atoms with E-state index in [0.717, 1.165) is 46.4 Å². The van der Waals surface area contributed by atoms with Gasteiger partial charge in [-0.2, -0.15) is 0 Å². The van der Waals surface area contributed by atoms with Crippen molar-refractivity contribution in [3.8, 4) is 22.4 Å². The third-order valence-corrected chi connectivity index (χ3v) is 8.18. The molecule has 46 heavy (non-hydrogen) atoms. The predicted octanol–water partition coefficient (Wildman–Crippen LogP) is 6.52. The van der Waals surface area contributed by atoms with Crippen molar-refractivity contribution in [2.75, 3.05) is 5.32 Å². The molecular weight excluding hydrogens is 578 g/mol. The highest BCUT2D eigenvalue weighted by Gasteiger charge is 2.35. The largest absolute Gasteiger partial charge is 0.446 e. The summed E-state index contributed by atoms with van der Waals surface area (Å²) in [6.45, 7) is 3.93. The van der Waals surface area contributed by atoms with E-state index in [-0.39, 0.29) is 23.6 Å². The van der Waals surface area contributed by atoms with E-state index in [9.17, 15) is 14.4 Å². The average Bonchev–Trinajstić information content (AvgIpc) is 3.77. The van der Waals surface area contributed by atoms with Gasteiger partial charge in [0, 0.05) is 37.0 Å². The molecule has 2 N–H and O–H groups in total. The number of carbonyl (C=O) groups excluding carboxylic acids is 2. The topological polar surface area (TPSA) is 107 Å². The molecule has 0 aliphatic heterocycles. The Morgan fingerprint density at radius 1 is 0.870 bits per heavy atom. The number of aromatic nitrogens is 3. The smallest absolute Gasteiger partial charge is 0.408 e. The number of aryl methyl sites for hydroxylation is 1. The van der Waals surface area contributed by atoms with Gasteiger partial charge in [0.15, 0.2) is 0 Å². The molecule has 0 bridgehead atoms. The lowest BCUT2D eigenvalue weighted by atomic mass is 9.83. The van der Waals surface area contributed by atoms with E-state index >= 15 is 0 Å². The molecule has 1 aliphatic carbocycles. The summed E-state index contributed by atoms with van der Waals surface area (Å²) in [5, 5.41) is 5.93. The molecule has 2 amide bonds. The number of amides is 2. The Kier molecular flexibility index (Phi) is 8.83. The van der Waals surface area contributed by atoms with Crippen molar-refractivity contribution < 1.29 is 14.3 Å². The van der Waals surface area contributed by atoms with Crippen LogP contribution in [0.3, 0.4) is 0 Å². The number of carbonyl (C=O) groups is 2. The van der Waals surface area contributed by atoms with Crippen LogP contribution in [0.2, 0.25) is 0 Å². The quantitative estimate of drug-likeness (QED) is 0.186. The van der Waals surface area contributed by atoms with Crippen LogP contribution < -0.4 is 16.2 Å². The SMILES string of the molecule is CC(C)n1cc(-c2cccc(C(c3ccccc3)C(NC(=O)OC3CC3)C(=O)Nc3ccc(-c4cncn4C)cc3)c2)ccc1=O. The van der Waals surface area contributed by atoms with Crippen LogP contribution >= 0.6 is 0 Å². The van der Waals surface area contributed by atoms with E-state index in [1.807, 2.05) is 117 Å². The number of nitrogens with one attached hydrogen (secondary N) is 2. The molecule has 0 saturated heterocycles. The first-order valence-electron chi connectivity index (χ1n) is 15.5. The molecule has 0 radical (unpaired) electrons. The molecule has 5 aromatic rings. The highest BCUT2D eigenvalue weighted by Crippen LogP contribution is 2.33. The summed E-state index contributed by atoms with van der Waals surface area (Å²) in [7, 11) is 1.93. The first-order valence-corrected chi connectivity index (χ1v) is 15.5. The minimum atomic E-state index is -1.01. The normalized spacial score (nSPS) is 14.0. The van der Waals surface area contributed by atoms with Gasteiger partial charge in [-0.25, -0.2) is 9.78 Å². The Morgan fingerprint density at radius 2 is 1.59 bits per heavy atom. The summed E-state index contributed by atoms with van der Waals surface area (Å²) in [6, 6.07) is 27.4. The Balaban J connectivity index is 1.37. The number of nitrogens with zero attached hydrogens (tertiary/aromatic N) is 3. The number of ether oxygens (including phenoxy) is 1. The van der Waals surface area contributed by atoms with Gasteiger partial charge < -0.3 is 24.5 Å². The standard InChI is InChI=1S/C37H37N5O4/c1-24(2)42-22-29(14-19-33(42)43)27-10-7-11-28(20-27)34(26-8-5-4-6-9-26)35(40-37(45)46-31-17-18-31)36(44)39-30-15-12-25(13-16-30)32-21-38-23-41(32)3/h4-16,19-24,31,34-35H,17-18H2,1-3H3,(H,39,44)(H,40,45). The van der Waals surface area contributed by atoms with Crippen LogP contribution in [-0.4, -0.2) is 38.3 Å². The Hall–Kier alpha value is -5.44. The van der Waals surface area contributed by atoms with Gasteiger partial charge in [-0.15, -0.1) is 0 Å². The fourth-order valence-electron chi connectivity index (χ4n) is 5.61. The Labute approximate surface area is 267 Å². The zero-order valence-electron chi connectivity index (χ0n) is 26.1. The van der Waals surface area contributed by atoms with E-state index in [4.69, 9.17) is 4.74 Å². The second kappa shape index (κ2) is 13.3. The van der Waals surface area contributed by atoms with Gasteiger partial charge in [-0.1, -0.05) is 66.7 Å². The van der Waals surface area contributed by atoms with Crippen LogP contribution in [0.25, 0.3) is 22.4 Å². The van der Waals surface area contributed by atoms with Gasteiger partial charge in [0.1, 0.15) is 12.1 Å². The van der Waals surface area contributed by atoms with E-state index in [1.165, 1.54) is 0 Å². The number of hydrogen-bond donors (Lipinski definition) is 2. The fraction of sp³-hybridized carbons (Fsp3) is 0.243. The second-order valence-corrected chi connectivity index (χ2v) is 12.0. The van der Waals surface area contributed by atoms with Gasteiger partial charge in [-0.05, 0) is 72.7 Å². The molecule has 0 spiro atoms. The summed E-state index contributed by atoms with van der Waals surface area (Å²) in [5.74, 6) is -0.939. The number of hydrogen-bond acceptors (Lipinski definition) is 5. The van der Waals surface area contributed by atoms with E-state index in [1.54, 1.807) is 23.2 Å². The van der Waals surface area contributed by atoms with Crippen LogP contribution in [0.5, 0.6) is 0 Å². The van der Waals surface area contributed by atoms with Crippen LogP contribution in [0.4, 0.5) is 10.5 Å². The minimum absolute atomic E-state index is 0.000605. The molecule has 2 heterocycles. The molecule has 1 saturated carbocycles. The molecule has 1 fully saturated rings. The van der Waals surface area contributed by atoms with Crippen LogP contribution in [-0.2, 0) is 16.6 Å². The van der Waals surface area contributed by atoms with Crippen LogP contribution in [0.1, 0.15) is 49.8 Å². The van der Waals surface area contributed by atoms with Crippen molar-refractivity contribution in [2.45, 2.75) is 50.8 Å². The van der Waals surface area contributed by atoms with Crippen molar-refractivity contribution in [1.29, 1.82) is 0 Å². The van der Waals surface area contributed by atoms with E-state index in [0.29, 0.717) is 5.69 Å². The lowest BCUT2D eigenvalue weighted by Gasteiger charge is -2.28. The third kappa shape index (κ3) is 6.94. The molecule has 2 atom stereocenters. The second-order valence-electron chi connectivity index (χ2n) is 12.0. The van der Waals surface area contributed by atoms with E-state index in [2.05, 4.69) is 15.6 Å². The number of imidazole rings is 1. The monoisotopic (exact) mass is 615 g/mol. The number of alkyl carbamates (subject to hydrolysis) is 1. The molecule has 9 heteroatoms. The maximum atomic E-state index is 14.2. The van der Waals surface area contributed by atoms with Crippen molar-refractivity contribution in [2.24, 2.45) is 7.05 Å². The summed E-state index contributed by atoms with van der Waals surface area (Å²) in [5.41, 5.74) is 5.87. The number of rotatable bonds is 10. The molecule has 3 aromatic carbocycles. The molecule has 9 nitrogen and oxygen atoms in total. The van der Waals surface area contributed by atoms with Crippen molar-refractivity contribution in [3.63, 3.8) is 0 Å². The average molecular weight is 616 g/mol. The molecule has 1 aliphatic rings. The van der Waals surface area contributed by atoms with E-state index < -0.39 is 18.1 Å². The Bertz CT molecular complexity index is 1890. The maximum absolute atomic E-state index is 14.2. The maximum Gasteiger partial charge on any atom is 0.408 e. The van der Waals surface area contributed by atoms with Crippen molar-refractivity contribution >= 4 is 17.7 Å². The minimum Gasteiger partial charge on any atom is -0.446 e. The Morgan fingerprint density at radius 3 is 2.26 bits per heavy atom. The van der Waals surface area contributed by atoms with Gasteiger partial charge >= 0.3 is 6.09 Å². The van der Waals surface area contributed by atoms with Gasteiger partial charge in [0.2, 0.25) is 5.91 Å². The molecule has 6 rings (SSSR count). The van der Waals surface area contributed by atoms with Gasteiger partial charge in [-0.3, -0.25) is 9.59 Å². The summed E-state index contributed by atoms with van der Waals surface area (Å²) >= 11 is 0. The zero-order valence-corrected chi connectivity index (χ0v) is 26.1. The molecule has 2 unspecified atom stereocenters. The molecule has 234 valence electrons. The first kappa shape index (κ1) is 30.6. The van der Waals surface area contributed by atoms with Crippen LogP contribution in [0, 0.1) is 0 Å². The number of pyridine rings is 1. The summed E-state index contributed by atoms with van der Waals surface area (Å²) in [6.07, 6.45) is 6.25. The number of anilines is 1. The summed E-state index contributed by atoms with van der Waals surface area (Å²) < 4.78 is 9.17. The fourth-order valence-corrected chi connectivity index (χ4v) is 5.61.